The number of nitrogens with zero attached hydrogens (tertiary/aromatic N) is 3. The van der Waals surface area contributed by atoms with Gasteiger partial charge in [0.05, 0.1) is 12.2 Å². The van der Waals surface area contributed by atoms with Gasteiger partial charge in [0.1, 0.15) is 6.04 Å². The molecule has 23 heavy (non-hydrogen) atoms. The largest absolute Gasteiger partial charge is 0.352 e. The second-order valence-corrected chi connectivity index (χ2v) is 6.70. The Balaban J connectivity index is 1.49. The van der Waals surface area contributed by atoms with Gasteiger partial charge >= 0.3 is 0 Å². The van der Waals surface area contributed by atoms with E-state index in [1.807, 2.05) is 41.2 Å². The molecule has 1 N–H and O–H groups in total. The highest BCUT2D eigenvalue weighted by Crippen LogP contribution is 2.32. The van der Waals surface area contributed by atoms with Crippen LogP contribution in [0.2, 0.25) is 0 Å². The summed E-state index contributed by atoms with van der Waals surface area (Å²) in [7, 11) is 0. The molecule has 1 saturated heterocycles. The van der Waals surface area contributed by atoms with Crippen LogP contribution in [0.3, 0.4) is 0 Å². The van der Waals surface area contributed by atoms with Crippen LogP contribution in [0.1, 0.15) is 36.1 Å². The summed E-state index contributed by atoms with van der Waals surface area (Å²) in [5.41, 5.74) is 2.25. The van der Waals surface area contributed by atoms with E-state index in [1.54, 1.807) is 0 Å². The van der Waals surface area contributed by atoms with Crippen LogP contribution in [0.4, 0.5) is 0 Å². The molecule has 0 bridgehead atoms. The Labute approximate surface area is 136 Å². The van der Waals surface area contributed by atoms with Crippen molar-refractivity contribution in [3.63, 3.8) is 0 Å². The van der Waals surface area contributed by atoms with Crippen LogP contribution >= 0.6 is 0 Å². The van der Waals surface area contributed by atoms with Crippen LogP contribution in [0.5, 0.6) is 0 Å². The molecule has 2 aromatic rings. The first-order chi connectivity index (χ1) is 11.2. The Morgan fingerprint density at radius 1 is 1.26 bits per heavy atom. The number of hydrogen-bond donors (Lipinski definition) is 1. The molecule has 1 atom stereocenters. The van der Waals surface area contributed by atoms with Crippen LogP contribution < -0.4 is 5.32 Å². The molecule has 5 nitrogen and oxygen atoms in total. The minimum atomic E-state index is -0.190. The fraction of sp³-hybridized carbons (Fsp3) is 0.444. The zero-order valence-corrected chi connectivity index (χ0v) is 13.4. The predicted molar refractivity (Wildman–Crippen MR) is 87.9 cm³/mol. The smallest absolute Gasteiger partial charge is 0.242 e. The number of nitrogens with one attached hydrogen (secondary N) is 1. The SMILES string of the molecule is Cc1cnn(C2CN([C@@H](C(=O)NC3CC3)c3ccccc3)C2)c1. The maximum Gasteiger partial charge on any atom is 0.242 e. The summed E-state index contributed by atoms with van der Waals surface area (Å²) in [6.45, 7) is 3.77. The molecule has 2 aliphatic rings. The first kappa shape index (κ1) is 14.5. The molecule has 0 radical (unpaired) electrons. The van der Waals surface area contributed by atoms with Crippen molar-refractivity contribution < 1.29 is 4.79 Å². The summed E-state index contributed by atoms with van der Waals surface area (Å²) in [6.07, 6.45) is 6.19. The van der Waals surface area contributed by atoms with Crippen molar-refractivity contribution in [2.24, 2.45) is 0 Å². The number of hydrogen-bond acceptors (Lipinski definition) is 3. The summed E-state index contributed by atoms with van der Waals surface area (Å²) in [6, 6.07) is 10.6. The summed E-state index contributed by atoms with van der Waals surface area (Å²) in [5, 5.41) is 7.55. The number of amides is 1. The van der Waals surface area contributed by atoms with E-state index in [0.717, 1.165) is 31.5 Å². The van der Waals surface area contributed by atoms with E-state index in [2.05, 4.69) is 28.4 Å². The molecule has 1 aliphatic carbocycles. The summed E-state index contributed by atoms with van der Waals surface area (Å²) in [5.74, 6) is 0.133. The molecule has 120 valence electrons. The zero-order valence-electron chi connectivity index (χ0n) is 13.4. The number of rotatable bonds is 5. The molecule has 5 heteroatoms. The molecule has 1 amide bonds. The fourth-order valence-corrected chi connectivity index (χ4v) is 3.17. The Morgan fingerprint density at radius 3 is 2.61 bits per heavy atom. The lowest BCUT2D eigenvalue weighted by molar-refractivity contribution is -0.129. The van der Waals surface area contributed by atoms with Gasteiger partial charge in [-0.2, -0.15) is 5.10 Å². The Morgan fingerprint density at radius 2 is 2.00 bits per heavy atom. The van der Waals surface area contributed by atoms with Crippen LogP contribution in [-0.4, -0.2) is 39.7 Å². The summed E-state index contributed by atoms with van der Waals surface area (Å²) in [4.78, 5) is 14.9. The van der Waals surface area contributed by atoms with E-state index >= 15 is 0 Å². The molecule has 4 rings (SSSR count). The van der Waals surface area contributed by atoms with Gasteiger partial charge in [0.2, 0.25) is 5.91 Å². The molecule has 1 aromatic heterocycles. The standard InChI is InChI=1S/C18H22N4O/c1-13-9-19-22(10-13)16-11-21(12-16)17(14-5-3-2-4-6-14)18(23)20-15-7-8-15/h2-6,9-10,15-17H,7-8,11-12H2,1H3,(H,20,23)/t17-/m1/s1. The van der Waals surface area contributed by atoms with Crippen LogP contribution in [0, 0.1) is 6.92 Å². The lowest BCUT2D eigenvalue weighted by Gasteiger charge is -2.43. The maximum absolute atomic E-state index is 12.7. The van der Waals surface area contributed by atoms with Crippen molar-refractivity contribution in [1.29, 1.82) is 0 Å². The number of likely N-dealkylation sites (tertiary alicyclic amines) is 1. The number of aryl methyl sites for hydroxylation is 1. The van der Waals surface area contributed by atoms with Crippen LogP contribution in [0.15, 0.2) is 42.7 Å². The third-order valence-corrected chi connectivity index (χ3v) is 4.65. The average molecular weight is 310 g/mol. The first-order valence-corrected chi connectivity index (χ1v) is 8.31. The van der Waals surface area contributed by atoms with Crippen molar-refractivity contribution >= 4 is 5.91 Å². The second kappa shape index (κ2) is 5.81. The molecule has 1 aliphatic heterocycles. The Bertz CT molecular complexity index is 686. The zero-order chi connectivity index (χ0) is 15.8. The average Bonchev–Trinajstić information content (AvgIpc) is 3.22. The van der Waals surface area contributed by atoms with Gasteiger partial charge in [0.25, 0.3) is 0 Å². The fourth-order valence-electron chi connectivity index (χ4n) is 3.17. The number of carbonyl (C=O) groups excluding carboxylic acids is 1. The number of benzene rings is 1. The topological polar surface area (TPSA) is 50.2 Å². The normalized spacial score (nSPS) is 20.0. The van der Waals surface area contributed by atoms with Gasteiger partial charge in [0.15, 0.2) is 0 Å². The minimum absolute atomic E-state index is 0.133. The van der Waals surface area contributed by atoms with Crippen LogP contribution in [-0.2, 0) is 4.79 Å². The van der Waals surface area contributed by atoms with Crippen molar-refractivity contribution in [1.82, 2.24) is 20.0 Å². The third kappa shape index (κ3) is 3.01. The first-order valence-electron chi connectivity index (χ1n) is 8.31. The molecule has 0 unspecified atom stereocenters. The van der Waals surface area contributed by atoms with Crippen molar-refractivity contribution in [2.75, 3.05) is 13.1 Å². The van der Waals surface area contributed by atoms with Gasteiger partial charge in [0, 0.05) is 25.3 Å². The number of carbonyl (C=O) groups is 1. The Hall–Kier alpha value is -2.14. The highest BCUT2D eigenvalue weighted by molar-refractivity contribution is 5.83. The number of aromatic nitrogens is 2. The van der Waals surface area contributed by atoms with E-state index in [-0.39, 0.29) is 11.9 Å². The van der Waals surface area contributed by atoms with Crippen molar-refractivity contribution in [2.45, 2.75) is 37.9 Å². The highest BCUT2D eigenvalue weighted by atomic mass is 16.2. The third-order valence-electron chi connectivity index (χ3n) is 4.65. The second-order valence-electron chi connectivity index (χ2n) is 6.70. The maximum atomic E-state index is 12.7. The molecule has 2 heterocycles. The van der Waals surface area contributed by atoms with Crippen molar-refractivity contribution in [3.8, 4) is 0 Å². The monoisotopic (exact) mass is 310 g/mol. The minimum Gasteiger partial charge on any atom is -0.352 e. The van der Waals surface area contributed by atoms with Gasteiger partial charge in [-0.05, 0) is 30.9 Å². The predicted octanol–water partition coefficient (Wildman–Crippen LogP) is 2.07. The van der Waals surface area contributed by atoms with E-state index in [4.69, 9.17) is 0 Å². The lowest BCUT2D eigenvalue weighted by atomic mass is 9.98. The van der Waals surface area contributed by atoms with Gasteiger partial charge in [-0.15, -0.1) is 0 Å². The summed E-state index contributed by atoms with van der Waals surface area (Å²) < 4.78 is 2.02. The lowest BCUT2D eigenvalue weighted by Crippen LogP contribution is -2.53. The molecule has 2 fully saturated rings. The molecular formula is C18H22N4O. The van der Waals surface area contributed by atoms with Crippen molar-refractivity contribution in [3.05, 3.63) is 53.9 Å². The molecule has 1 saturated carbocycles. The Kier molecular flexibility index (Phi) is 3.65. The van der Waals surface area contributed by atoms with Gasteiger partial charge < -0.3 is 5.32 Å². The molecule has 0 spiro atoms. The molecule has 1 aromatic carbocycles. The van der Waals surface area contributed by atoms with E-state index in [9.17, 15) is 4.79 Å². The highest BCUT2D eigenvalue weighted by Gasteiger charge is 2.39. The summed E-state index contributed by atoms with van der Waals surface area (Å²) >= 11 is 0. The van der Waals surface area contributed by atoms with Crippen LogP contribution in [0.25, 0.3) is 0 Å². The van der Waals surface area contributed by atoms with E-state index in [0.29, 0.717) is 12.1 Å². The molecular weight excluding hydrogens is 288 g/mol. The van der Waals surface area contributed by atoms with E-state index < -0.39 is 0 Å². The van der Waals surface area contributed by atoms with Gasteiger partial charge in [-0.1, -0.05) is 30.3 Å². The quantitative estimate of drug-likeness (QED) is 0.920. The van der Waals surface area contributed by atoms with Gasteiger partial charge in [-0.3, -0.25) is 14.4 Å². The van der Waals surface area contributed by atoms with E-state index in [1.165, 1.54) is 5.56 Å². The van der Waals surface area contributed by atoms with Gasteiger partial charge in [-0.25, -0.2) is 0 Å².